The van der Waals surface area contributed by atoms with Gasteiger partial charge in [0.15, 0.2) is 0 Å². The Morgan fingerprint density at radius 2 is 1.95 bits per heavy atom. The summed E-state index contributed by atoms with van der Waals surface area (Å²) in [6.45, 7) is 0.488. The van der Waals surface area contributed by atoms with Gasteiger partial charge in [-0.3, -0.25) is 19.9 Å². The Morgan fingerprint density at radius 3 is 2.64 bits per heavy atom. The monoisotopic (exact) mass is 317 g/mol. The maximum atomic E-state index is 12.0. The number of benzene rings is 2. The Morgan fingerprint density at radius 1 is 1.23 bits per heavy atom. The van der Waals surface area contributed by atoms with Gasteiger partial charge in [-0.2, -0.15) is 0 Å². The van der Waals surface area contributed by atoms with Gasteiger partial charge in [-0.15, -0.1) is 0 Å². The second-order valence-corrected chi connectivity index (χ2v) is 5.25. The van der Waals surface area contributed by atoms with E-state index >= 15 is 0 Å². The van der Waals surface area contributed by atoms with Crippen LogP contribution in [-0.4, -0.2) is 21.0 Å². The molecule has 0 bridgehead atoms. The van der Waals surface area contributed by atoms with Crippen molar-refractivity contribution in [2.24, 2.45) is 0 Å². The molecule has 0 aliphatic heterocycles. The van der Waals surface area contributed by atoms with Crippen LogP contribution in [-0.2, 0) is 6.54 Å². The van der Waals surface area contributed by atoms with Gasteiger partial charge in [-0.1, -0.05) is 23.7 Å². The molecule has 3 N–H and O–H groups in total. The summed E-state index contributed by atoms with van der Waals surface area (Å²) in [5.74, 6) is 0. The molecule has 0 fully saturated rings. The highest BCUT2D eigenvalue weighted by atomic mass is 35.5. The van der Waals surface area contributed by atoms with E-state index in [-0.39, 0.29) is 5.56 Å². The quantitative estimate of drug-likeness (QED) is 0.693. The van der Waals surface area contributed by atoms with Crippen molar-refractivity contribution in [1.29, 1.82) is 0 Å². The van der Waals surface area contributed by atoms with Crippen LogP contribution in [0.25, 0.3) is 10.9 Å². The third-order valence-corrected chi connectivity index (χ3v) is 3.53. The number of carboxylic acid groups (broad SMARTS) is 1. The van der Waals surface area contributed by atoms with Crippen molar-refractivity contribution < 1.29 is 9.90 Å². The molecule has 1 amide bonds. The highest BCUT2D eigenvalue weighted by Crippen LogP contribution is 2.18. The standard InChI is InChI=1S/C15H12ClN3O3/c16-10-3-1-9(2-4-10)8-19-13-6-5-11(17-15(21)22)7-12(13)14(20)18-19/h1-7,17H,8H2,(H,18,20)(H,21,22). The number of halogens is 1. The van der Waals surface area contributed by atoms with E-state index in [0.29, 0.717) is 28.2 Å². The molecule has 0 spiro atoms. The number of carbonyl (C=O) groups is 1. The molecule has 7 heteroatoms. The van der Waals surface area contributed by atoms with Crippen LogP contribution >= 0.6 is 11.6 Å². The molecule has 2 aromatic carbocycles. The Labute approximate surface area is 129 Å². The lowest BCUT2D eigenvalue weighted by atomic mass is 10.2. The van der Waals surface area contributed by atoms with Crippen molar-refractivity contribution in [3.05, 3.63) is 63.4 Å². The van der Waals surface area contributed by atoms with Gasteiger partial charge in [0, 0.05) is 10.7 Å². The largest absolute Gasteiger partial charge is 0.465 e. The average molecular weight is 318 g/mol. The van der Waals surface area contributed by atoms with Crippen molar-refractivity contribution >= 4 is 34.3 Å². The van der Waals surface area contributed by atoms with Gasteiger partial charge in [0.2, 0.25) is 0 Å². The molecular formula is C15H12ClN3O3. The Balaban J connectivity index is 1.99. The minimum absolute atomic E-state index is 0.266. The van der Waals surface area contributed by atoms with Crippen LogP contribution in [0.1, 0.15) is 5.56 Å². The van der Waals surface area contributed by atoms with Gasteiger partial charge < -0.3 is 5.11 Å². The molecule has 22 heavy (non-hydrogen) atoms. The molecule has 0 aliphatic rings. The number of rotatable bonds is 3. The van der Waals surface area contributed by atoms with Gasteiger partial charge in [0.25, 0.3) is 5.56 Å². The number of hydrogen-bond acceptors (Lipinski definition) is 2. The number of aromatic nitrogens is 2. The first kappa shape index (κ1) is 14.2. The molecule has 0 saturated heterocycles. The normalized spacial score (nSPS) is 10.8. The zero-order valence-electron chi connectivity index (χ0n) is 11.3. The lowest BCUT2D eigenvalue weighted by Gasteiger charge is -2.06. The van der Waals surface area contributed by atoms with Crippen molar-refractivity contribution in [3.63, 3.8) is 0 Å². The minimum atomic E-state index is -1.17. The molecule has 1 heterocycles. The second kappa shape index (κ2) is 5.57. The molecule has 1 aromatic heterocycles. The molecule has 0 aliphatic carbocycles. The first-order chi connectivity index (χ1) is 10.5. The Hall–Kier alpha value is -2.73. The lowest BCUT2D eigenvalue weighted by Crippen LogP contribution is -2.07. The summed E-state index contributed by atoms with van der Waals surface area (Å²) < 4.78 is 1.71. The maximum Gasteiger partial charge on any atom is 0.409 e. The predicted octanol–water partition coefficient (Wildman–Crippen LogP) is 3.12. The first-order valence-electron chi connectivity index (χ1n) is 6.50. The van der Waals surface area contributed by atoms with E-state index in [1.807, 2.05) is 12.1 Å². The fraction of sp³-hybridized carbons (Fsp3) is 0.0667. The number of hydrogen-bond donors (Lipinski definition) is 3. The third-order valence-electron chi connectivity index (χ3n) is 3.27. The summed E-state index contributed by atoms with van der Waals surface area (Å²) in [6, 6.07) is 12.2. The van der Waals surface area contributed by atoms with Crippen LogP contribution in [0.5, 0.6) is 0 Å². The highest BCUT2D eigenvalue weighted by molar-refractivity contribution is 6.30. The average Bonchev–Trinajstić information content (AvgIpc) is 2.77. The number of nitrogens with one attached hydrogen (secondary N) is 2. The van der Waals surface area contributed by atoms with Gasteiger partial charge in [0.05, 0.1) is 17.4 Å². The first-order valence-corrected chi connectivity index (χ1v) is 6.88. The Kier molecular flexibility index (Phi) is 3.60. The number of amides is 1. The smallest absolute Gasteiger partial charge is 0.409 e. The van der Waals surface area contributed by atoms with E-state index < -0.39 is 6.09 Å². The minimum Gasteiger partial charge on any atom is -0.465 e. The predicted molar refractivity (Wildman–Crippen MR) is 84.8 cm³/mol. The SMILES string of the molecule is O=C(O)Nc1ccc2c(c1)c(=O)[nH]n2Cc1ccc(Cl)cc1. The molecule has 3 rings (SSSR count). The van der Waals surface area contributed by atoms with Gasteiger partial charge in [-0.05, 0) is 35.9 Å². The number of fused-ring (bicyclic) bond motifs is 1. The summed E-state index contributed by atoms with van der Waals surface area (Å²) in [5.41, 5.74) is 1.79. The summed E-state index contributed by atoms with van der Waals surface area (Å²) in [6.07, 6.45) is -1.17. The van der Waals surface area contributed by atoms with E-state index in [1.165, 1.54) is 6.07 Å². The fourth-order valence-corrected chi connectivity index (χ4v) is 2.42. The zero-order valence-corrected chi connectivity index (χ0v) is 12.1. The maximum absolute atomic E-state index is 12.0. The fourth-order valence-electron chi connectivity index (χ4n) is 2.29. The van der Waals surface area contributed by atoms with Crippen LogP contribution < -0.4 is 10.9 Å². The third kappa shape index (κ3) is 2.82. The van der Waals surface area contributed by atoms with Gasteiger partial charge >= 0.3 is 6.09 Å². The number of anilines is 1. The topological polar surface area (TPSA) is 87.1 Å². The molecule has 0 radical (unpaired) electrons. The summed E-state index contributed by atoms with van der Waals surface area (Å²) >= 11 is 5.85. The van der Waals surface area contributed by atoms with Crippen molar-refractivity contribution in [1.82, 2.24) is 9.78 Å². The van der Waals surface area contributed by atoms with E-state index in [4.69, 9.17) is 16.7 Å². The lowest BCUT2D eigenvalue weighted by molar-refractivity contribution is 0.210. The van der Waals surface area contributed by atoms with Crippen molar-refractivity contribution in [3.8, 4) is 0 Å². The molecule has 0 atom stereocenters. The number of aromatic amines is 1. The summed E-state index contributed by atoms with van der Waals surface area (Å²) in [4.78, 5) is 22.7. The van der Waals surface area contributed by atoms with Gasteiger partial charge in [0.1, 0.15) is 0 Å². The van der Waals surface area contributed by atoms with Crippen LogP contribution in [0.2, 0.25) is 5.02 Å². The van der Waals surface area contributed by atoms with Crippen LogP contribution in [0.3, 0.4) is 0 Å². The van der Waals surface area contributed by atoms with Crippen molar-refractivity contribution in [2.45, 2.75) is 6.54 Å². The highest BCUT2D eigenvalue weighted by Gasteiger charge is 2.09. The van der Waals surface area contributed by atoms with Crippen molar-refractivity contribution in [2.75, 3.05) is 5.32 Å². The number of nitrogens with zero attached hydrogens (tertiary/aromatic N) is 1. The van der Waals surface area contributed by atoms with Gasteiger partial charge in [-0.25, -0.2) is 4.79 Å². The summed E-state index contributed by atoms with van der Waals surface area (Å²) in [7, 11) is 0. The molecule has 112 valence electrons. The number of H-pyrrole nitrogens is 1. The molecule has 3 aromatic rings. The summed E-state index contributed by atoms with van der Waals surface area (Å²) in [5, 5.41) is 14.8. The zero-order chi connectivity index (χ0) is 15.7. The molecule has 0 unspecified atom stereocenters. The molecule has 6 nitrogen and oxygen atoms in total. The van der Waals surface area contributed by atoms with E-state index in [0.717, 1.165) is 5.56 Å². The van der Waals surface area contributed by atoms with Crippen LogP contribution in [0, 0.1) is 0 Å². The van der Waals surface area contributed by atoms with E-state index in [9.17, 15) is 9.59 Å². The van der Waals surface area contributed by atoms with E-state index in [2.05, 4.69) is 10.4 Å². The van der Waals surface area contributed by atoms with Crippen LogP contribution in [0.15, 0.2) is 47.3 Å². The molecule has 0 saturated carbocycles. The van der Waals surface area contributed by atoms with E-state index in [1.54, 1.807) is 28.9 Å². The Bertz CT molecular complexity index is 897. The molecular weight excluding hydrogens is 306 g/mol. The van der Waals surface area contributed by atoms with Crippen LogP contribution in [0.4, 0.5) is 10.5 Å². The second-order valence-electron chi connectivity index (χ2n) is 4.82.